The van der Waals surface area contributed by atoms with Gasteiger partial charge >= 0.3 is 0 Å². The van der Waals surface area contributed by atoms with Crippen molar-refractivity contribution in [2.75, 3.05) is 18.5 Å². The first-order valence-electron chi connectivity index (χ1n) is 8.51. The van der Waals surface area contributed by atoms with Crippen molar-refractivity contribution in [2.24, 2.45) is 5.92 Å². The summed E-state index contributed by atoms with van der Waals surface area (Å²) < 4.78 is 11.4. The number of hydrogen-bond donors (Lipinski definition) is 1. The molecule has 1 heterocycles. The molecule has 116 valence electrons. The molecule has 1 N–H and O–H groups in total. The molecular formula is C18H27NO2. The van der Waals surface area contributed by atoms with Crippen molar-refractivity contribution < 1.29 is 9.47 Å². The van der Waals surface area contributed by atoms with Crippen LogP contribution in [0.1, 0.15) is 51.9 Å². The number of rotatable bonds is 4. The lowest BCUT2D eigenvalue weighted by Crippen LogP contribution is -2.26. The van der Waals surface area contributed by atoms with Crippen LogP contribution in [0.4, 0.5) is 5.69 Å². The first-order valence-corrected chi connectivity index (χ1v) is 8.51. The van der Waals surface area contributed by atoms with Gasteiger partial charge in [-0.2, -0.15) is 0 Å². The second kappa shape index (κ2) is 7.06. The Kier molecular flexibility index (Phi) is 4.89. The summed E-state index contributed by atoms with van der Waals surface area (Å²) in [7, 11) is 0. The molecule has 1 aromatic carbocycles. The van der Waals surface area contributed by atoms with E-state index in [1.807, 2.05) is 6.07 Å². The number of fused-ring (bicyclic) bond motifs is 1. The minimum Gasteiger partial charge on any atom is -0.490 e. The maximum atomic E-state index is 5.76. The molecular weight excluding hydrogens is 262 g/mol. The Morgan fingerprint density at radius 1 is 1.05 bits per heavy atom. The van der Waals surface area contributed by atoms with E-state index in [1.165, 1.54) is 38.5 Å². The minimum absolute atomic E-state index is 0.614. The Morgan fingerprint density at radius 2 is 1.81 bits per heavy atom. The molecule has 0 amide bonds. The maximum Gasteiger partial charge on any atom is 0.163 e. The van der Waals surface area contributed by atoms with Crippen LogP contribution >= 0.6 is 0 Å². The second-order valence-electron chi connectivity index (χ2n) is 6.36. The zero-order valence-corrected chi connectivity index (χ0v) is 13.1. The fourth-order valence-electron chi connectivity index (χ4n) is 3.49. The van der Waals surface area contributed by atoms with Gasteiger partial charge in [-0.15, -0.1) is 0 Å². The van der Waals surface area contributed by atoms with Gasteiger partial charge in [-0.25, -0.2) is 0 Å². The highest BCUT2D eigenvalue weighted by Crippen LogP contribution is 2.34. The molecule has 1 saturated carbocycles. The van der Waals surface area contributed by atoms with Crippen LogP contribution in [0.3, 0.4) is 0 Å². The lowest BCUT2D eigenvalue weighted by molar-refractivity contribution is 0.297. The summed E-state index contributed by atoms with van der Waals surface area (Å²) in [6.45, 7) is 3.79. The standard InChI is InChI=1S/C18H27NO2/c1-2-4-14-5-7-15(8-6-14)19-16-9-10-17-18(13-16)21-12-3-11-20-17/h9-10,13-15,19H,2-8,11-12H2,1H3. The lowest BCUT2D eigenvalue weighted by atomic mass is 9.83. The van der Waals surface area contributed by atoms with Crippen molar-refractivity contribution in [3.05, 3.63) is 18.2 Å². The number of benzene rings is 1. The molecule has 21 heavy (non-hydrogen) atoms. The molecule has 1 fully saturated rings. The van der Waals surface area contributed by atoms with Crippen LogP contribution in [0.15, 0.2) is 18.2 Å². The van der Waals surface area contributed by atoms with Crippen molar-refractivity contribution in [1.29, 1.82) is 0 Å². The molecule has 3 nitrogen and oxygen atoms in total. The maximum absolute atomic E-state index is 5.76. The molecule has 0 saturated heterocycles. The molecule has 0 aromatic heterocycles. The van der Waals surface area contributed by atoms with Crippen LogP contribution in [-0.4, -0.2) is 19.3 Å². The summed E-state index contributed by atoms with van der Waals surface area (Å²) in [5.41, 5.74) is 1.16. The Balaban J connectivity index is 1.57. The molecule has 1 aliphatic heterocycles. The molecule has 3 heteroatoms. The highest BCUT2D eigenvalue weighted by atomic mass is 16.5. The van der Waals surface area contributed by atoms with E-state index in [0.29, 0.717) is 6.04 Å². The van der Waals surface area contributed by atoms with Crippen molar-refractivity contribution in [3.8, 4) is 11.5 Å². The van der Waals surface area contributed by atoms with Crippen molar-refractivity contribution in [2.45, 2.75) is 57.9 Å². The molecule has 2 aliphatic rings. The number of anilines is 1. The van der Waals surface area contributed by atoms with Gasteiger partial charge in [-0.3, -0.25) is 0 Å². The third-order valence-electron chi connectivity index (χ3n) is 4.66. The normalized spacial score (nSPS) is 25.2. The zero-order chi connectivity index (χ0) is 14.5. The fourth-order valence-corrected chi connectivity index (χ4v) is 3.49. The van der Waals surface area contributed by atoms with E-state index in [4.69, 9.17) is 9.47 Å². The quantitative estimate of drug-likeness (QED) is 0.877. The molecule has 3 rings (SSSR count). The number of hydrogen-bond acceptors (Lipinski definition) is 3. The highest BCUT2D eigenvalue weighted by molar-refractivity contribution is 5.55. The van der Waals surface area contributed by atoms with Gasteiger partial charge in [-0.1, -0.05) is 19.8 Å². The van der Waals surface area contributed by atoms with Gasteiger partial charge in [0.15, 0.2) is 11.5 Å². The lowest BCUT2D eigenvalue weighted by Gasteiger charge is -2.29. The van der Waals surface area contributed by atoms with Crippen LogP contribution in [-0.2, 0) is 0 Å². The molecule has 0 bridgehead atoms. The van der Waals surface area contributed by atoms with Crippen molar-refractivity contribution in [1.82, 2.24) is 0 Å². The molecule has 0 unspecified atom stereocenters. The second-order valence-corrected chi connectivity index (χ2v) is 6.36. The van der Waals surface area contributed by atoms with E-state index in [2.05, 4.69) is 24.4 Å². The SMILES string of the molecule is CCCC1CCC(Nc2ccc3c(c2)OCCCO3)CC1. The summed E-state index contributed by atoms with van der Waals surface area (Å²) in [6, 6.07) is 6.86. The number of nitrogens with one attached hydrogen (secondary N) is 1. The predicted molar refractivity (Wildman–Crippen MR) is 86.3 cm³/mol. The van der Waals surface area contributed by atoms with Gasteiger partial charge in [0.25, 0.3) is 0 Å². The van der Waals surface area contributed by atoms with E-state index in [9.17, 15) is 0 Å². The van der Waals surface area contributed by atoms with E-state index in [1.54, 1.807) is 0 Å². The van der Waals surface area contributed by atoms with Crippen LogP contribution in [0.5, 0.6) is 11.5 Å². The van der Waals surface area contributed by atoms with E-state index in [-0.39, 0.29) is 0 Å². The Bertz CT molecular complexity index is 453. The third kappa shape index (κ3) is 3.84. The number of ether oxygens (including phenoxy) is 2. The molecule has 0 spiro atoms. The summed E-state index contributed by atoms with van der Waals surface area (Å²) in [5.74, 6) is 2.72. The topological polar surface area (TPSA) is 30.5 Å². The Hall–Kier alpha value is -1.38. The largest absolute Gasteiger partial charge is 0.490 e. The average molecular weight is 289 g/mol. The molecule has 0 radical (unpaired) electrons. The summed E-state index contributed by atoms with van der Waals surface area (Å²) in [6.07, 6.45) is 9.00. The Labute approximate surface area is 128 Å². The van der Waals surface area contributed by atoms with E-state index < -0.39 is 0 Å². The van der Waals surface area contributed by atoms with Crippen molar-refractivity contribution in [3.63, 3.8) is 0 Å². The van der Waals surface area contributed by atoms with Crippen molar-refractivity contribution >= 4 is 5.69 Å². The average Bonchev–Trinajstić information content (AvgIpc) is 2.74. The smallest absolute Gasteiger partial charge is 0.163 e. The van der Waals surface area contributed by atoms with Gasteiger partial charge < -0.3 is 14.8 Å². The summed E-state index contributed by atoms with van der Waals surface area (Å²) in [5, 5.41) is 3.68. The van der Waals surface area contributed by atoms with Crippen LogP contribution < -0.4 is 14.8 Å². The van der Waals surface area contributed by atoms with Crippen LogP contribution in [0.2, 0.25) is 0 Å². The summed E-state index contributed by atoms with van der Waals surface area (Å²) >= 11 is 0. The van der Waals surface area contributed by atoms with Gasteiger partial charge in [0, 0.05) is 24.2 Å². The third-order valence-corrected chi connectivity index (χ3v) is 4.66. The van der Waals surface area contributed by atoms with Gasteiger partial charge in [0.2, 0.25) is 0 Å². The monoisotopic (exact) mass is 289 g/mol. The van der Waals surface area contributed by atoms with Crippen LogP contribution in [0, 0.1) is 5.92 Å². The van der Waals surface area contributed by atoms with E-state index in [0.717, 1.165) is 42.7 Å². The Morgan fingerprint density at radius 3 is 2.57 bits per heavy atom. The fraction of sp³-hybridized carbons (Fsp3) is 0.667. The highest BCUT2D eigenvalue weighted by Gasteiger charge is 2.21. The summed E-state index contributed by atoms with van der Waals surface area (Å²) in [4.78, 5) is 0. The van der Waals surface area contributed by atoms with Crippen LogP contribution in [0.25, 0.3) is 0 Å². The van der Waals surface area contributed by atoms with Gasteiger partial charge in [0.05, 0.1) is 13.2 Å². The minimum atomic E-state index is 0.614. The first kappa shape index (κ1) is 14.6. The zero-order valence-electron chi connectivity index (χ0n) is 13.1. The molecule has 1 aliphatic carbocycles. The van der Waals surface area contributed by atoms with E-state index >= 15 is 0 Å². The first-order chi connectivity index (χ1) is 10.3. The predicted octanol–water partition coefficient (Wildman–Crippen LogP) is 4.62. The molecule has 1 aromatic rings. The van der Waals surface area contributed by atoms with Gasteiger partial charge in [0.1, 0.15) is 0 Å². The van der Waals surface area contributed by atoms with Gasteiger partial charge in [-0.05, 0) is 43.7 Å². The molecule has 0 atom stereocenters.